The molecular weight excluding hydrogens is 300 g/mol. The maximum Gasteiger partial charge on any atom is 0.265 e. The summed E-state index contributed by atoms with van der Waals surface area (Å²) in [6.07, 6.45) is 1.46. The molecule has 18 heavy (non-hydrogen) atoms. The van der Waals surface area contributed by atoms with Gasteiger partial charge in [-0.25, -0.2) is 4.98 Å². The molecule has 1 N–H and O–H groups in total. The SMILES string of the molecule is COc1ccc(-c2ncc(Br)c(=O)[nH]2)c(OC)c1. The molecule has 2 aromatic rings. The molecule has 0 unspecified atom stereocenters. The summed E-state index contributed by atoms with van der Waals surface area (Å²) in [5, 5.41) is 0. The van der Waals surface area contributed by atoms with Crippen LogP contribution in [0.25, 0.3) is 11.4 Å². The van der Waals surface area contributed by atoms with Crippen LogP contribution in [0.4, 0.5) is 0 Å². The highest BCUT2D eigenvalue weighted by Gasteiger charge is 2.10. The zero-order chi connectivity index (χ0) is 13.1. The number of nitrogens with zero attached hydrogens (tertiary/aromatic N) is 1. The number of hydrogen-bond acceptors (Lipinski definition) is 4. The Hall–Kier alpha value is -1.82. The molecule has 0 amide bonds. The van der Waals surface area contributed by atoms with Gasteiger partial charge in [0.25, 0.3) is 5.56 Å². The quantitative estimate of drug-likeness (QED) is 0.944. The monoisotopic (exact) mass is 310 g/mol. The van der Waals surface area contributed by atoms with E-state index in [0.29, 0.717) is 27.4 Å². The van der Waals surface area contributed by atoms with E-state index < -0.39 is 0 Å². The molecule has 0 aliphatic rings. The Balaban J connectivity index is 2.56. The lowest BCUT2D eigenvalue weighted by molar-refractivity contribution is 0.395. The molecule has 0 fully saturated rings. The number of methoxy groups -OCH3 is 2. The van der Waals surface area contributed by atoms with Gasteiger partial charge >= 0.3 is 0 Å². The van der Waals surface area contributed by atoms with Crippen LogP contribution in [0.5, 0.6) is 11.5 Å². The minimum absolute atomic E-state index is 0.238. The number of nitrogens with one attached hydrogen (secondary N) is 1. The van der Waals surface area contributed by atoms with Crippen molar-refractivity contribution in [2.75, 3.05) is 14.2 Å². The van der Waals surface area contributed by atoms with E-state index in [1.54, 1.807) is 32.4 Å². The molecule has 0 aliphatic carbocycles. The van der Waals surface area contributed by atoms with Gasteiger partial charge in [-0.3, -0.25) is 4.79 Å². The molecule has 94 valence electrons. The van der Waals surface area contributed by atoms with E-state index in [1.807, 2.05) is 0 Å². The van der Waals surface area contributed by atoms with Crippen LogP contribution in [0.3, 0.4) is 0 Å². The zero-order valence-electron chi connectivity index (χ0n) is 9.86. The topological polar surface area (TPSA) is 64.2 Å². The fourth-order valence-electron chi connectivity index (χ4n) is 1.51. The van der Waals surface area contributed by atoms with Crippen LogP contribution in [0.15, 0.2) is 33.7 Å². The van der Waals surface area contributed by atoms with Crippen LogP contribution in [-0.2, 0) is 0 Å². The average molecular weight is 311 g/mol. The number of aromatic amines is 1. The van der Waals surface area contributed by atoms with E-state index >= 15 is 0 Å². The van der Waals surface area contributed by atoms with Crippen LogP contribution < -0.4 is 15.0 Å². The number of rotatable bonds is 3. The predicted octanol–water partition coefficient (Wildman–Crippen LogP) is 2.22. The molecule has 5 nitrogen and oxygen atoms in total. The summed E-state index contributed by atoms with van der Waals surface area (Å²) in [7, 11) is 3.13. The van der Waals surface area contributed by atoms with Crippen LogP contribution in [0, 0.1) is 0 Å². The number of aromatic nitrogens is 2. The standard InChI is InChI=1S/C12H11BrN2O3/c1-17-7-3-4-8(10(5-7)18-2)11-14-6-9(13)12(16)15-11/h3-6H,1-2H3,(H,14,15,16). The molecule has 0 aliphatic heterocycles. The Bertz CT molecular complexity index is 625. The Morgan fingerprint density at radius 2 is 2.06 bits per heavy atom. The molecule has 1 aromatic heterocycles. The maximum atomic E-state index is 11.5. The molecule has 0 saturated heterocycles. The van der Waals surface area contributed by atoms with Gasteiger partial charge < -0.3 is 14.5 Å². The van der Waals surface area contributed by atoms with E-state index in [1.165, 1.54) is 6.20 Å². The van der Waals surface area contributed by atoms with E-state index in [-0.39, 0.29) is 5.56 Å². The molecule has 0 atom stereocenters. The Labute approximate surface area is 112 Å². The molecule has 0 spiro atoms. The second-order valence-corrected chi connectivity index (χ2v) is 4.33. The van der Waals surface area contributed by atoms with Crippen molar-refractivity contribution in [3.05, 3.63) is 39.2 Å². The van der Waals surface area contributed by atoms with Crippen LogP contribution >= 0.6 is 15.9 Å². The van der Waals surface area contributed by atoms with Gasteiger partial charge in [-0.2, -0.15) is 0 Å². The minimum atomic E-state index is -0.238. The van der Waals surface area contributed by atoms with Crippen molar-refractivity contribution in [2.45, 2.75) is 0 Å². The third-order valence-electron chi connectivity index (χ3n) is 2.42. The van der Waals surface area contributed by atoms with Gasteiger partial charge in [0.2, 0.25) is 0 Å². The first-order chi connectivity index (χ1) is 8.65. The van der Waals surface area contributed by atoms with Crippen molar-refractivity contribution >= 4 is 15.9 Å². The molecular formula is C12H11BrN2O3. The van der Waals surface area contributed by atoms with E-state index in [4.69, 9.17) is 9.47 Å². The number of H-pyrrole nitrogens is 1. The fraction of sp³-hybridized carbons (Fsp3) is 0.167. The first-order valence-electron chi connectivity index (χ1n) is 5.13. The summed E-state index contributed by atoms with van der Waals surface area (Å²) >= 11 is 3.10. The van der Waals surface area contributed by atoms with Crippen molar-refractivity contribution in [1.29, 1.82) is 0 Å². The molecule has 0 saturated carbocycles. The van der Waals surface area contributed by atoms with E-state index in [0.717, 1.165) is 0 Å². The average Bonchev–Trinajstić information content (AvgIpc) is 2.41. The van der Waals surface area contributed by atoms with Crippen molar-refractivity contribution < 1.29 is 9.47 Å². The lowest BCUT2D eigenvalue weighted by Crippen LogP contribution is -2.09. The highest BCUT2D eigenvalue weighted by molar-refractivity contribution is 9.10. The van der Waals surface area contributed by atoms with Gasteiger partial charge in [-0.1, -0.05) is 0 Å². The summed E-state index contributed by atoms with van der Waals surface area (Å²) < 4.78 is 10.8. The lowest BCUT2D eigenvalue weighted by Gasteiger charge is -2.09. The van der Waals surface area contributed by atoms with Crippen molar-refractivity contribution in [3.8, 4) is 22.9 Å². The third kappa shape index (κ3) is 2.38. The second kappa shape index (κ2) is 5.22. The first kappa shape index (κ1) is 12.6. The number of hydrogen-bond donors (Lipinski definition) is 1. The van der Waals surface area contributed by atoms with Crippen LogP contribution in [0.1, 0.15) is 0 Å². The smallest absolute Gasteiger partial charge is 0.265 e. The highest BCUT2D eigenvalue weighted by atomic mass is 79.9. The fourth-order valence-corrected chi connectivity index (χ4v) is 1.71. The molecule has 2 rings (SSSR count). The summed E-state index contributed by atoms with van der Waals surface area (Å²) in [5.74, 6) is 1.71. The summed E-state index contributed by atoms with van der Waals surface area (Å²) in [6, 6.07) is 5.29. The number of benzene rings is 1. The van der Waals surface area contributed by atoms with Crippen LogP contribution in [-0.4, -0.2) is 24.2 Å². The Morgan fingerprint density at radius 1 is 1.28 bits per heavy atom. The molecule has 0 bridgehead atoms. The zero-order valence-corrected chi connectivity index (χ0v) is 11.4. The Morgan fingerprint density at radius 3 is 2.67 bits per heavy atom. The summed E-state index contributed by atoms with van der Waals surface area (Å²) in [6.45, 7) is 0. The van der Waals surface area contributed by atoms with Gasteiger partial charge in [-0.15, -0.1) is 0 Å². The molecule has 6 heteroatoms. The summed E-state index contributed by atoms with van der Waals surface area (Å²) in [5.41, 5.74) is 0.459. The van der Waals surface area contributed by atoms with Crippen molar-refractivity contribution in [1.82, 2.24) is 9.97 Å². The maximum absolute atomic E-state index is 11.5. The van der Waals surface area contributed by atoms with Crippen LogP contribution in [0.2, 0.25) is 0 Å². The van der Waals surface area contributed by atoms with Gasteiger partial charge in [-0.05, 0) is 28.1 Å². The first-order valence-corrected chi connectivity index (χ1v) is 5.92. The minimum Gasteiger partial charge on any atom is -0.497 e. The molecule has 1 heterocycles. The number of halogens is 1. The van der Waals surface area contributed by atoms with E-state index in [2.05, 4.69) is 25.9 Å². The van der Waals surface area contributed by atoms with Gasteiger partial charge in [0.15, 0.2) is 0 Å². The third-order valence-corrected chi connectivity index (χ3v) is 2.98. The van der Waals surface area contributed by atoms with Gasteiger partial charge in [0.05, 0.1) is 19.8 Å². The highest BCUT2D eigenvalue weighted by Crippen LogP contribution is 2.30. The van der Waals surface area contributed by atoms with E-state index in [9.17, 15) is 4.79 Å². The Kier molecular flexibility index (Phi) is 3.66. The van der Waals surface area contributed by atoms with Gasteiger partial charge in [0.1, 0.15) is 21.8 Å². The lowest BCUT2D eigenvalue weighted by atomic mass is 10.2. The molecule has 1 aromatic carbocycles. The predicted molar refractivity (Wildman–Crippen MR) is 71.1 cm³/mol. The molecule has 0 radical (unpaired) electrons. The van der Waals surface area contributed by atoms with Crippen molar-refractivity contribution in [3.63, 3.8) is 0 Å². The normalized spacial score (nSPS) is 10.2. The van der Waals surface area contributed by atoms with Crippen molar-refractivity contribution in [2.24, 2.45) is 0 Å². The van der Waals surface area contributed by atoms with Gasteiger partial charge in [0, 0.05) is 12.3 Å². The largest absolute Gasteiger partial charge is 0.497 e. The summed E-state index contributed by atoms with van der Waals surface area (Å²) in [4.78, 5) is 18.3. The second-order valence-electron chi connectivity index (χ2n) is 3.48. The number of ether oxygens (including phenoxy) is 2.